The number of nitrogens with two attached hydrogens (primary N) is 1. The third-order valence-corrected chi connectivity index (χ3v) is 3.75. The minimum absolute atomic E-state index is 0.131. The number of hydrogen-bond acceptors (Lipinski definition) is 3. The second kappa shape index (κ2) is 3.47. The second-order valence-corrected chi connectivity index (χ2v) is 4.75. The van der Waals surface area contributed by atoms with Crippen molar-refractivity contribution in [2.45, 2.75) is 19.3 Å². The number of carbonyl (C=O) groups excluding carboxylic acids is 1. The number of rotatable bonds is 2. The van der Waals surface area contributed by atoms with Gasteiger partial charge >= 0.3 is 0 Å². The molecule has 1 aromatic rings. The van der Waals surface area contributed by atoms with Gasteiger partial charge in [0, 0.05) is 5.92 Å². The minimum Gasteiger partial charge on any atom is -0.397 e. The summed E-state index contributed by atoms with van der Waals surface area (Å²) in [5, 5.41) is 2.85. The highest BCUT2D eigenvalue weighted by Gasteiger charge is 2.56. The zero-order chi connectivity index (χ0) is 11.1. The Morgan fingerprint density at radius 1 is 1.38 bits per heavy atom. The molecule has 1 amide bonds. The first-order valence-corrected chi connectivity index (χ1v) is 5.78. The molecule has 16 heavy (non-hydrogen) atoms. The van der Waals surface area contributed by atoms with E-state index in [1.54, 1.807) is 18.3 Å². The highest BCUT2D eigenvalue weighted by Crippen LogP contribution is 2.57. The van der Waals surface area contributed by atoms with Crippen LogP contribution < -0.4 is 11.1 Å². The Kier molecular flexibility index (Phi) is 2.09. The minimum atomic E-state index is 0.131. The normalized spacial score (nSPS) is 30.9. The maximum atomic E-state index is 11.9. The molecule has 4 heteroatoms. The van der Waals surface area contributed by atoms with Gasteiger partial charge in [0.15, 0.2) is 0 Å². The summed E-state index contributed by atoms with van der Waals surface area (Å²) in [6.07, 6.45) is 5.29. The lowest BCUT2D eigenvalue weighted by molar-refractivity contribution is -0.118. The van der Waals surface area contributed by atoms with Crippen molar-refractivity contribution < 1.29 is 4.79 Å². The number of nitrogens with one attached hydrogen (secondary N) is 1. The van der Waals surface area contributed by atoms with Crippen LogP contribution in [0.15, 0.2) is 18.3 Å². The largest absolute Gasteiger partial charge is 0.397 e. The van der Waals surface area contributed by atoms with E-state index in [4.69, 9.17) is 5.73 Å². The Morgan fingerprint density at radius 2 is 2.12 bits per heavy atom. The van der Waals surface area contributed by atoms with Gasteiger partial charge in [0.1, 0.15) is 5.82 Å². The van der Waals surface area contributed by atoms with Crippen molar-refractivity contribution in [2.75, 3.05) is 11.1 Å². The van der Waals surface area contributed by atoms with Gasteiger partial charge in [0.05, 0.1) is 11.9 Å². The van der Waals surface area contributed by atoms with Crippen molar-refractivity contribution in [2.24, 2.45) is 17.8 Å². The number of nitrogens with zero attached hydrogens (tertiary/aromatic N) is 1. The molecule has 0 bridgehead atoms. The molecular formula is C12H15N3O. The molecule has 2 unspecified atom stereocenters. The summed E-state index contributed by atoms with van der Waals surface area (Å²) in [4.78, 5) is 16.0. The Balaban J connectivity index is 1.63. The molecule has 1 aromatic heterocycles. The van der Waals surface area contributed by atoms with Crippen molar-refractivity contribution in [1.29, 1.82) is 0 Å². The molecule has 1 heterocycles. The molecule has 3 N–H and O–H groups in total. The van der Waals surface area contributed by atoms with Gasteiger partial charge in [-0.3, -0.25) is 4.79 Å². The lowest BCUT2D eigenvalue weighted by Crippen LogP contribution is -2.17. The van der Waals surface area contributed by atoms with Crippen LogP contribution in [0.4, 0.5) is 11.5 Å². The first-order chi connectivity index (χ1) is 7.75. The van der Waals surface area contributed by atoms with E-state index in [1.807, 2.05) is 0 Å². The highest BCUT2D eigenvalue weighted by atomic mass is 16.2. The molecular weight excluding hydrogens is 202 g/mol. The Hall–Kier alpha value is -1.58. The van der Waals surface area contributed by atoms with Crippen molar-refractivity contribution in [1.82, 2.24) is 4.98 Å². The maximum Gasteiger partial charge on any atom is 0.229 e. The van der Waals surface area contributed by atoms with Crippen LogP contribution in [0.25, 0.3) is 0 Å². The van der Waals surface area contributed by atoms with Crippen molar-refractivity contribution >= 4 is 17.4 Å². The predicted octanol–water partition coefficient (Wildman–Crippen LogP) is 1.65. The Bertz CT molecular complexity index is 405. The summed E-state index contributed by atoms with van der Waals surface area (Å²) >= 11 is 0. The molecule has 2 saturated carbocycles. The van der Waals surface area contributed by atoms with E-state index in [9.17, 15) is 4.79 Å². The van der Waals surface area contributed by atoms with E-state index in [-0.39, 0.29) is 11.8 Å². The lowest BCUT2D eigenvalue weighted by Gasteiger charge is -2.05. The average molecular weight is 217 g/mol. The summed E-state index contributed by atoms with van der Waals surface area (Å²) in [7, 11) is 0. The van der Waals surface area contributed by atoms with Gasteiger partial charge in [-0.25, -0.2) is 4.98 Å². The van der Waals surface area contributed by atoms with Crippen molar-refractivity contribution in [3.05, 3.63) is 18.3 Å². The monoisotopic (exact) mass is 217 g/mol. The summed E-state index contributed by atoms with van der Waals surface area (Å²) in [6.45, 7) is 0. The Morgan fingerprint density at radius 3 is 2.75 bits per heavy atom. The van der Waals surface area contributed by atoms with Crippen molar-refractivity contribution in [3.63, 3.8) is 0 Å². The number of anilines is 2. The van der Waals surface area contributed by atoms with Gasteiger partial charge in [0.2, 0.25) is 5.91 Å². The molecule has 2 aliphatic carbocycles. The zero-order valence-electron chi connectivity index (χ0n) is 9.02. The van der Waals surface area contributed by atoms with Crippen LogP contribution in [0, 0.1) is 17.8 Å². The SMILES string of the molecule is Nc1ccc(NC(=O)C2C3CCCC32)nc1. The molecule has 0 saturated heterocycles. The van der Waals surface area contributed by atoms with Gasteiger partial charge in [-0.15, -0.1) is 0 Å². The van der Waals surface area contributed by atoms with Crippen LogP contribution in [0.2, 0.25) is 0 Å². The molecule has 0 radical (unpaired) electrons. The standard InChI is InChI=1S/C12H15N3O/c13-7-4-5-10(14-6-7)15-12(16)11-8-2-1-3-9(8)11/h4-6,8-9,11H,1-3,13H2,(H,14,15,16). The van der Waals surface area contributed by atoms with E-state index in [0.29, 0.717) is 23.3 Å². The zero-order valence-corrected chi connectivity index (χ0v) is 9.02. The number of fused-ring (bicyclic) bond motifs is 1. The smallest absolute Gasteiger partial charge is 0.229 e. The van der Waals surface area contributed by atoms with E-state index in [0.717, 1.165) is 0 Å². The fourth-order valence-corrected chi connectivity index (χ4v) is 2.90. The van der Waals surface area contributed by atoms with Crippen LogP contribution in [-0.2, 0) is 4.79 Å². The van der Waals surface area contributed by atoms with Gasteiger partial charge in [-0.2, -0.15) is 0 Å². The molecule has 3 rings (SSSR count). The summed E-state index contributed by atoms with van der Waals surface area (Å²) in [5.41, 5.74) is 6.14. The van der Waals surface area contributed by atoms with Crippen molar-refractivity contribution in [3.8, 4) is 0 Å². The molecule has 2 fully saturated rings. The number of aromatic nitrogens is 1. The summed E-state index contributed by atoms with van der Waals surface area (Å²) in [5.74, 6) is 2.27. The lowest BCUT2D eigenvalue weighted by atomic mass is 10.1. The van der Waals surface area contributed by atoms with Crippen LogP contribution in [-0.4, -0.2) is 10.9 Å². The average Bonchev–Trinajstić information content (AvgIpc) is 2.76. The number of amides is 1. The van der Waals surface area contributed by atoms with Gasteiger partial charge in [-0.05, 0) is 36.8 Å². The van der Waals surface area contributed by atoms with Gasteiger partial charge < -0.3 is 11.1 Å². The fourth-order valence-electron chi connectivity index (χ4n) is 2.90. The molecule has 2 aliphatic rings. The molecule has 84 valence electrons. The van der Waals surface area contributed by atoms with E-state index in [2.05, 4.69) is 10.3 Å². The fraction of sp³-hybridized carbons (Fsp3) is 0.500. The highest BCUT2D eigenvalue weighted by molar-refractivity contribution is 5.94. The number of hydrogen-bond donors (Lipinski definition) is 2. The quantitative estimate of drug-likeness (QED) is 0.791. The second-order valence-electron chi connectivity index (χ2n) is 4.75. The molecule has 0 spiro atoms. The van der Waals surface area contributed by atoms with Crippen LogP contribution in [0.5, 0.6) is 0 Å². The van der Waals surface area contributed by atoms with E-state index in [1.165, 1.54) is 19.3 Å². The number of carbonyl (C=O) groups is 1. The van der Waals surface area contributed by atoms with Gasteiger partial charge in [-0.1, -0.05) is 6.42 Å². The van der Waals surface area contributed by atoms with Gasteiger partial charge in [0.25, 0.3) is 0 Å². The summed E-state index contributed by atoms with van der Waals surface area (Å²) < 4.78 is 0. The first kappa shape index (κ1) is 9.63. The summed E-state index contributed by atoms with van der Waals surface area (Å²) in [6, 6.07) is 3.49. The maximum absolute atomic E-state index is 11.9. The Labute approximate surface area is 94.2 Å². The number of pyridine rings is 1. The third-order valence-electron chi connectivity index (χ3n) is 3.75. The van der Waals surface area contributed by atoms with E-state index >= 15 is 0 Å². The van der Waals surface area contributed by atoms with Crippen LogP contribution >= 0.6 is 0 Å². The predicted molar refractivity (Wildman–Crippen MR) is 61.6 cm³/mol. The molecule has 2 atom stereocenters. The molecule has 0 aromatic carbocycles. The van der Waals surface area contributed by atoms with Crippen LogP contribution in [0.3, 0.4) is 0 Å². The molecule has 0 aliphatic heterocycles. The first-order valence-electron chi connectivity index (χ1n) is 5.78. The third kappa shape index (κ3) is 1.54. The van der Waals surface area contributed by atoms with Crippen LogP contribution in [0.1, 0.15) is 19.3 Å². The van der Waals surface area contributed by atoms with E-state index < -0.39 is 0 Å². The number of nitrogen functional groups attached to an aromatic ring is 1. The topological polar surface area (TPSA) is 68.0 Å². The molecule has 4 nitrogen and oxygen atoms in total.